The number of benzene rings is 1. The molecule has 5 nitrogen and oxygen atoms in total. The first kappa shape index (κ1) is 15.5. The average molecular weight is 285 g/mol. The van der Waals surface area contributed by atoms with E-state index in [0.29, 0.717) is 12.1 Å². The Bertz CT molecular complexity index is 539. The number of hydrogen-bond donors (Lipinski definition) is 2. The summed E-state index contributed by atoms with van der Waals surface area (Å²) in [6.45, 7) is 3.58. The van der Waals surface area contributed by atoms with Crippen LogP contribution in [0.2, 0.25) is 0 Å². The van der Waals surface area contributed by atoms with Crippen LogP contribution in [-0.4, -0.2) is 31.8 Å². The van der Waals surface area contributed by atoms with Crippen LogP contribution in [0.3, 0.4) is 0 Å². The highest BCUT2D eigenvalue weighted by molar-refractivity contribution is 7.91. The van der Waals surface area contributed by atoms with E-state index in [9.17, 15) is 13.2 Å². The van der Waals surface area contributed by atoms with E-state index in [1.807, 2.05) is 0 Å². The summed E-state index contributed by atoms with van der Waals surface area (Å²) in [6.07, 6.45) is 0.491. The summed E-state index contributed by atoms with van der Waals surface area (Å²) in [6, 6.07) is 6.56. The molecule has 106 valence electrons. The van der Waals surface area contributed by atoms with Gasteiger partial charge in [0.25, 0.3) is 0 Å². The van der Waals surface area contributed by atoms with Gasteiger partial charge in [-0.15, -0.1) is 0 Å². The predicted molar refractivity (Wildman–Crippen MR) is 74.1 cm³/mol. The normalized spacial score (nSPS) is 12.9. The molecule has 0 amide bonds. The largest absolute Gasteiger partial charge is 0.481 e. The molecule has 0 fully saturated rings. The zero-order valence-electron chi connectivity index (χ0n) is 11.1. The van der Waals surface area contributed by atoms with Crippen molar-refractivity contribution >= 4 is 21.5 Å². The zero-order valence-corrected chi connectivity index (χ0v) is 11.9. The molecule has 1 rings (SSSR count). The maximum absolute atomic E-state index is 11.9. The van der Waals surface area contributed by atoms with Gasteiger partial charge in [-0.1, -0.05) is 26.0 Å². The summed E-state index contributed by atoms with van der Waals surface area (Å²) in [5.74, 6) is -1.40. The molecule has 6 heteroatoms. The van der Waals surface area contributed by atoms with Crippen molar-refractivity contribution in [1.29, 1.82) is 0 Å². The van der Waals surface area contributed by atoms with Gasteiger partial charge in [0, 0.05) is 6.54 Å². The van der Waals surface area contributed by atoms with Crippen molar-refractivity contribution in [2.45, 2.75) is 25.2 Å². The van der Waals surface area contributed by atoms with Gasteiger partial charge in [-0.2, -0.15) is 0 Å². The number of carbonyl (C=O) groups is 1. The molecule has 0 radical (unpaired) electrons. The van der Waals surface area contributed by atoms with Gasteiger partial charge >= 0.3 is 5.97 Å². The smallest absolute Gasteiger partial charge is 0.308 e. The molecule has 0 aromatic heterocycles. The Morgan fingerprint density at radius 2 is 1.95 bits per heavy atom. The Morgan fingerprint density at radius 1 is 1.32 bits per heavy atom. The molecular weight excluding hydrogens is 266 g/mol. The van der Waals surface area contributed by atoms with Crippen molar-refractivity contribution in [1.82, 2.24) is 0 Å². The van der Waals surface area contributed by atoms with Crippen molar-refractivity contribution in [3.05, 3.63) is 24.3 Å². The standard InChI is InChI=1S/C13H19NO4S/c1-3-10(13(15)16)9-14-11-7-5-6-8-12(11)19(17,18)4-2/h5-8,10,14H,3-4,9H2,1-2H3,(H,15,16). The summed E-state index contributed by atoms with van der Waals surface area (Å²) >= 11 is 0. The molecule has 1 aromatic carbocycles. The lowest BCUT2D eigenvalue weighted by Gasteiger charge is -2.15. The highest BCUT2D eigenvalue weighted by Gasteiger charge is 2.18. The van der Waals surface area contributed by atoms with Crippen LogP contribution in [0.15, 0.2) is 29.2 Å². The molecule has 0 aliphatic carbocycles. The molecule has 1 aromatic rings. The number of para-hydroxylation sites is 1. The van der Waals surface area contributed by atoms with Crippen LogP contribution >= 0.6 is 0 Å². The van der Waals surface area contributed by atoms with Crippen LogP contribution in [0.1, 0.15) is 20.3 Å². The van der Waals surface area contributed by atoms with E-state index in [2.05, 4.69) is 5.32 Å². The van der Waals surface area contributed by atoms with Crippen molar-refractivity contribution in [2.75, 3.05) is 17.6 Å². The summed E-state index contributed by atoms with van der Waals surface area (Å²) < 4.78 is 23.8. The number of sulfone groups is 1. The number of hydrogen-bond acceptors (Lipinski definition) is 4. The minimum atomic E-state index is -3.31. The molecule has 1 unspecified atom stereocenters. The molecule has 0 aliphatic heterocycles. The molecule has 19 heavy (non-hydrogen) atoms. The lowest BCUT2D eigenvalue weighted by molar-refractivity contribution is -0.141. The third-order valence-corrected chi connectivity index (χ3v) is 4.77. The quantitative estimate of drug-likeness (QED) is 0.800. The van der Waals surface area contributed by atoms with Gasteiger partial charge < -0.3 is 10.4 Å². The lowest BCUT2D eigenvalue weighted by atomic mass is 10.1. The van der Waals surface area contributed by atoms with Crippen molar-refractivity contribution < 1.29 is 18.3 Å². The number of nitrogens with one attached hydrogen (secondary N) is 1. The second kappa shape index (κ2) is 6.56. The fourth-order valence-electron chi connectivity index (χ4n) is 1.68. The average Bonchev–Trinajstić information content (AvgIpc) is 2.39. The molecule has 2 N–H and O–H groups in total. The summed E-state index contributed by atoms with van der Waals surface area (Å²) in [5.41, 5.74) is 0.462. The highest BCUT2D eigenvalue weighted by atomic mass is 32.2. The van der Waals surface area contributed by atoms with Crippen LogP contribution < -0.4 is 5.32 Å². The molecule has 0 bridgehead atoms. The number of rotatable bonds is 7. The van der Waals surface area contributed by atoms with Gasteiger partial charge in [0.05, 0.1) is 22.3 Å². The molecule has 0 heterocycles. The van der Waals surface area contributed by atoms with Gasteiger partial charge in [0.2, 0.25) is 0 Å². The third kappa shape index (κ3) is 3.96. The van der Waals surface area contributed by atoms with Crippen molar-refractivity contribution in [3.8, 4) is 0 Å². The van der Waals surface area contributed by atoms with Gasteiger partial charge in [-0.25, -0.2) is 8.42 Å². The minimum absolute atomic E-state index is 0.0157. The SMILES string of the molecule is CCC(CNc1ccccc1S(=O)(=O)CC)C(=O)O. The first-order valence-electron chi connectivity index (χ1n) is 6.20. The maximum atomic E-state index is 11.9. The van der Waals surface area contributed by atoms with E-state index in [1.165, 1.54) is 6.07 Å². The number of anilines is 1. The van der Waals surface area contributed by atoms with Gasteiger partial charge in [-0.05, 0) is 18.6 Å². The monoisotopic (exact) mass is 285 g/mol. The van der Waals surface area contributed by atoms with E-state index in [4.69, 9.17) is 5.11 Å². The highest BCUT2D eigenvalue weighted by Crippen LogP contribution is 2.22. The topological polar surface area (TPSA) is 83.5 Å². The van der Waals surface area contributed by atoms with E-state index in [1.54, 1.807) is 32.0 Å². The van der Waals surface area contributed by atoms with Gasteiger partial charge in [0.1, 0.15) is 0 Å². The maximum Gasteiger partial charge on any atom is 0.308 e. The molecule has 0 saturated heterocycles. The minimum Gasteiger partial charge on any atom is -0.481 e. The Balaban J connectivity index is 2.94. The Kier molecular flexibility index (Phi) is 5.35. The molecule has 0 aliphatic rings. The number of aliphatic carboxylic acids is 1. The summed E-state index contributed by atoms with van der Waals surface area (Å²) in [5, 5.41) is 11.9. The Hall–Kier alpha value is -1.56. The predicted octanol–water partition coefficient (Wildman–Crippen LogP) is 2.00. The fraction of sp³-hybridized carbons (Fsp3) is 0.462. The van der Waals surface area contributed by atoms with E-state index in [0.717, 1.165) is 0 Å². The van der Waals surface area contributed by atoms with E-state index >= 15 is 0 Å². The number of carboxylic acid groups (broad SMARTS) is 1. The van der Waals surface area contributed by atoms with E-state index < -0.39 is 21.7 Å². The number of carboxylic acids is 1. The van der Waals surface area contributed by atoms with Crippen molar-refractivity contribution in [2.24, 2.45) is 5.92 Å². The first-order valence-corrected chi connectivity index (χ1v) is 7.86. The van der Waals surface area contributed by atoms with Crippen LogP contribution in [0.4, 0.5) is 5.69 Å². The van der Waals surface area contributed by atoms with Crippen LogP contribution in [0.25, 0.3) is 0 Å². The Labute approximate surface area is 113 Å². The zero-order chi connectivity index (χ0) is 14.5. The van der Waals surface area contributed by atoms with Gasteiger partial charge in [-0.3, -0.25) is 4.79 Å². The van der Waals surface area contributed by atoms with Gasteiger partial charge in [0.15, 0.2) is 9.84 Å². The van der Waals surface area contributed by atoms with Crippen LogP contribution in [-0.2, 0) is 14.6 Å². The molecular formula is C13H19NO4S. The van der Waals surface area contributed by atoms with Crippen LogP contribution in [0.5, 0.6) is 0 Å². The third-order valence-electron chi connectivity index (χ3n) is 2.98. The van der Waals surface area contributed by atoms with E-state index in [-0.39, 0.29) is 17.2 Å². The molecule has 1 atom stereocenters. The van der Waals surface area contributed by atoms with Crippen LogP contribution in [0, 0.1) is 5.92 Å². The Morgan fingerprint density at radius 3 is 2.47 bits per heavy atom. The molecule has 0 saturated carbocycles. The summed E-state index contributed by atoms with van der Waals surface area (Å²) in [4.78, 5) is 11.2. The second-order valence-corrected chi connectivity index (χ2v) is 6.47. The second-order valence-electron chi connectivity index (χ2n) is 4.22. The van der Waals surface area contributed by atoms with Crippen molar-refractivity contribution in [3.63, 3.8) is 0 Å². The summed E-state index contributed by atoms with van der Waals surface area (Å²) in [7, 11) is -3.31. The fourth-order valence-corrected chi connectivity index (χ4v) is 2.75. The lowest BCUT2D eigenvalue weighted by Crippen LogP contribution is -2.22. The first-order chi connectivity index (χ1) is 8.92. The molecule has 0 spiro atoms.